The van der Waals surface area contributed by atoms with Crippen molar-refractivity contribution in [3.8, 4) is 11.5 Å². The maximum Gasteiger partial charge on any atom is 0.339 e. The molecule has 4 rings (SSSR count). The molecule has 0 bridgehead atoms. The molecule has 0 unspecified atom stereocenters. The highest BCUT2D eigenvalue weighted by Crippen LogP contribution is 2.27. The number of hydrogen-bond acceptors (Lipinski definition) is 5. The van der Waals surface area contributed by atoms with E-state index >= 15 is 0 Å². The molecule has 5 nitrogen and oxygen atoms in total. The van der Waals surface area contributed by atoms with Gasteiger partial charge in [0.25, 0.3) is 0 Å². The van der Waals surface area contributed by atoms with E-state index in [4.69, 9.17) is 25.8 Å². The molecular weight excluding hydrogens is 464 g/mol. The van der Waals surface area contributed by atoms with E-state index in [0.29, 0.717) is 39.8 Å². The molecule has 0 aromatic heterocycles. The topological polar surface area (TPSA) is 61.8 Å². The number of ketones is 1. The third-order valence-corrected chi connectivity index (χ3v) is 5.60. The lowest BCUT2D eigenvalue weighted by Crippen LogP contribution is -2.20. The first-order valence-corrected chi connectivity index (χ1v) is 11.3. The summed E-state index contributed by atoms with van der Waals surface area (Å²) in [5.41, 5.74) is 2.18. The summed E-state index contributed by atoms with van der Waals surface area (Å²) in [6, 6.07) is 29.7. The van der Waals surface area contributed by atoms with E-state index < -0.39 is 12.1 Å². The van der Waals surface area contributed by atoms with Gasteiger partial charge >= 0.3 is 5.97 Å². The molecule has 0 saturated heterocycles. The van der Waals surface area contributed by atoms with Crippen molar-refractivity contribution < 1.29 is 23.8 Å². The minimum atomic E-state index is -1.08. The minimum absolute atomic E-state index is 0.303. The van der Waals surface area contributed by atoms with Gasteiger partial charge in [0.1, 0.15) is 6.61 Å². The lowest BCUT2D eigenvalue weighted by Gasteiger charge is -2.18. The number of esters is 1. The highest BCUT2D eigenvalue weighted by molar-refractivity contribution is 6.30. The Hall–Kier alpha value is -4.09. The maximum absolute atomic E-state index is 13.2. The molecule has 6 heteroatoms. The van der Waals surface area contributed by atoms with Crippen LogP contribution < -0.4 is 9.47 Å². The van der Waals surface area contributed by atoms with Gasteiger partial charge in [-0.2, -0.15) is 0 Å². The fraction of sp³-hybridized carbons (Fsp3) is 0.103. The van der Waals surface area contributed by atoms with Gasteiger partial charge < -0.3 is 14.2 Å². The molecule has 0 aliphatic rings. The summed E-state index contributed by atoms with van der Waals surface area (Å²) in [5, 5.41) is 0.518. The van der Waals surface area contributed by atoms with E-state index in [-0.39, 0.29) is 5.78 Å². The predicted molar refractivity (Wildman–Crippen MR) is 134 cm³/mol. The molecule has 0 aliphatic carbocycles. The quantitative estimate of drug-likeness (QED) is 0.194. The first kappa shape index (κ1) is 24.0. The molecule has 0 aliphatic heterocycles. The van der Waals surface area contributed by atoms with E-state index in [1.165, 1.54) is 0 Å². The summed E-state index contributed by atoms with van der Waals surface area (Å²) in [6.07, 6.45) is -1.08. The van der Waals surface area contributed by atoms with Gasteiger partial charge in [0.2, 0.25) is 5.78 Å². The van der Waals surface area contributed by atoms with Crippen LogP contribution in [0.3, 0.4) is 0 Å². The number of para-hydroxylation sites is 2. The lowest BCUT2D eigenvalue weighted by molar-refractivity contribution is 0.0280. The molecule has 0 heterocycles. The van der Waals surface area contributed by atoms with Gasteiger partial charge in [0.15, 0.2) is 17.6 Å². The number of carbonyl (C=O) groups excluding carboxylic acids is 2. The van der Waals surface area contributed by atoms with Crippen molar-refractivity contribution in [2.45, 2.75) is 12.7 Å². The average molecular weight is 487 g/mol. The number of hydrogen-bond donors (Lipinski definition) is 0. The molecule has 0 spiro atoms. The Morgan fingerprint density at radius 1 is 0.743 bits per heavy atom. The van der Waals surface area contributed by atoms with Crippen LogP contribution in [-0.2, 0) is 11.3 Å². The van der Waals surface area contributed by atoms with Gasteiger partial charge in [-0.3, -0.25) is 4.79 Å². The molecule has 1 atom stereocenters. The second kappa shape index (κ2) is 11.4. The monoisotopic (exact) mass is 486 g/mol. The largest absolute Gasteiger partial charge is 0.493 e. The highest BCUT2D eigenvalue weighted by Gasteiger charge is 2.26. The Balaban J connectivity index is 1.47. The van der Waals surface area contributed by atoms with Crippen molar-refractivity contribution in [2.75, 3.05) is 7.11 Å². The van der Waals surface area contributed by atoms with Crippen LogP contribution in [0.1, 0.15) is 37.9 Å². The van der Waals surface area contributed by atoms with Gasteiger partial charge in [-0.15, -0.1) is 0 Å². The third-order valence-electron chi connectivity index (χ3n) is 5.35. The number of methoxy groups -OCH3 is 1. The zero-order valence-electron chi connectivity index (χ0n) is 19.0. The molecule has 4 aromatic rings. The number of Topliss-reactive ketones (excluding diaryl/α,β-unsaturated/α-hetero) is 1. The van der Waals surface area contributed by atoms with Crippen LogP contribution in [0.2, 0.25) is 5.02 Å². The predicted octanol–water partition coefficient (Wildman–Crippen LogP) is 6.71. The Morgan fingerprint density at radius 3 is 2.00 bits per heavy atom. The molecule has 0 amide bonds. The van der Waals surface area contributed by atoms with Crippen LogP contribution in [0.5, 0.6) is 11.5 Å². The maximum atomic E-state index is 13.2. The van der Waals surface area contributed by atoms with Crippen LogP contribution in [0.4, 0.5) is 0 Å². The molecule has 0 saturated carbocycles. The summed E-state index contributed by atoms with van der Waals surface area (Å²) in [6.45, 7) is 0.303. The van der Waals surface area contributed by atoms with Crippen LogP contribution in [-0.4, -0.2) is 18.9 Å². The van der Waals surface area contributed by atoms with E-state index in [2.05, 4.69) is 0 Å². The first-order valence-electron chi connectivity index (χ1n) is 11.0. The Morgan fingerprint density at radius 2 is 1.34 bits per heavy atom. The summed E-state index contributed by atoms with van der Waals surface area (Å²) >= 11 is 5.95. The Labute approximate surface area is 208 Å². The molecule has 35 heavy (non-hydrogen) atoms. The molecule has 0 radical (unpaired) electrons. The molecule has 176 valence electrons. The standard InChI is InChI=1S/C29H23ClO5/c1-33-25-9-5-6-10-26(25)34-19-20-11-13-23(14-12-20)29(32)35-28(22-7-3-2-4-8-22)27(31)21-15-17-24(30)18-16-21/h2-18,28H,19H2,1H3/t28-/m0/s1. The molecule has 0 N–H and O–H groups in total. The normalized spacial score (nSPS) is 11.4. The summed E-state index contributed by atoms with van der Waals surface area (Å²) in [5.74, 6) is 0.344. The lowest BCUT2D eigenvalue weighted by atomic mass is 9.99. The van der Waals surface area contributed by atoms with Crippen LogP contribution in [0.15, 0.2) is 103 Å². The van der Waals surface area contributed by atoms with Crippen molar-refractivity contribution in [2.24, 2.45) is 0 Å². The van der Waals surface area contributed by atoms with Crippen molar-refractivity contribution in [3.63, 3.8) is 0 Å². The Kier molecular flexibility index (Phi) is 7.81. The molecular formula is C29H23ClO5. The third kappa shape index (κ3) is 6.08. The SMILES string of the molecule is COc1ccccc1OCc1ccc(C(=O)O[C@H](C(=O)c2ccc(Cl)cc2)c2ccccc2)cc1. The molecule has 0 fully saturated rings. The van der Waals surface area contributed by atoms with Crippen molar-refractivity contribution in [3.05, 3.63) is 130 Å². The second-order valence-corrected chi connectivity index (χ2v) is 8.14. The average Bonchev–Trinajstić information content (AvgIpc) is 2.91. The zero-order chi connectivity index (χ0) is 24.6. The van der Waals surface area contributed by atoms with Gasteiger partial charge in [-0.25, -0.2) is 4.79 Å². The summed E-state index contributed by atoms with van der Waals surface area (Å²) in [7, 11) is 1.59. The first-order chi connectivity index (χ1) is 17.0. The number of halogens is 1. The van der Waals surface area contributed by atoms with E-state index in [1.54, 1.807) is 79.9 Å². The van der Waals surface area contributed by atoms with E-state index in [1.807, 2.05) is 30.3 Å². The summed E-state index contributed by atoms with van der Waals surface area (Å²) < 4.78 is 16.8. The van der Waals surface area contributed by atoms with Crippen LogP contribution in [0.25, 0.3) is 0 Å². The fourth-order valence-corrected chi connectivity index (χ4v) is 3.60. The Bertz CT molecular complexity index is 1280. The van der Waals surface area contributed by atoms with Crippen LogP contribution in [0, 0.1) is 0 Å². The summed E-state index contributed by atoms with van der Waals surface area (Å²) in [4.78, 5) is 26.2. The number of carbonyl (C=O) groups is 2. The second-order valence-electron chi connectivity index (χ2n) is 7.70. The van der Waals surface area contributed by atoms with Crippen molar-refractivity contribution >= 4 is 23.4 Å². The van der Waals surface area contributed by atoms with E-state index in [0.717, 1.165) is 5.56 Å². The van der Waals surface area contributed by atoms with E-state index in [9.17, 15) is 9.59 Å². The van der Waals surface area contributed by atoms with Gasteiger partial charge in [0.05, 0.1) is 12.7 Å². The van der Waals surface area contributed by atoms with Gasteiger partial charge in [-0.1, -0.05) is 66.2 Å². The fourth-order valence-electron chi connectivity index (χ4n) is 3.48. The van der Waals surface area contributed by atoms with Crippen molar-refractivity contribution in [1.29, 1.82) is 0 Å². The number of rotatable bonds is 9. The van der Waals surface area contributed by atoms with Crippen molar-refractivity contribution in [1.82, 2.24) is 0 Å². The number of benzene rings is 4. The molecule has 4 aromatic carbocycles. The zero-order valence-corrected chi connectivity index (χ0v) is 19.8. The van der Waals surface area contributed by atoms with Gasteiger partial charge in [0, 0.05) is 16.1 Å². The van der Waals surface area contributed by atoms with Gasteiger partial charge in [-0.05, 0) is 54.1 Å². The highest BCUT2D eigenvalue weighted by atomic mass is 35.5. The smallest absolute Gasteiger partial charge is 0.339 e. The minimum Gasteiger partial charge on any atom is -0.493 e. The number of ether oxygens (including phenoxy) is 3. The van der Waals surface area contributed by atoms with Crippen LogP contribution >= 0.6 is 11.6 Å².